The summed E-state index contributed by atoms with van der Waals surface area (Å²) >= 11 is 4.10. The lowest BCUT2D eigenvalue weighted by molar-refractivity contribution is -0.145. The van der Waals surface area contributed by atoms with Gasteiger partial charge in [0, 0.05) is 0 Å². The van der Waals surface area contributed by atoms with Crippen LogP contribution in [0.25, 0.3) is 0 Å². The van der Waals surface area contributed by atoms with E-state index >= 15 is 0 Å². The van der Waals surface area contributed by atoms with Crippen LogP contribution in [0.3, 0.4) is 0 Å². The highest BCUT2D eigenvalue weighted by Gasteiger charge is 2.14. The van der Waals surface area contributed by atoms with Crippen molar-refractivity contribution in [1.82, 2.24) is 0 Å². The Hall–Kier alpha value is 0.360. The van der Waals surface area contributed by atoms with Gasteiger partial charge in [0.1, 0.15) is 21.1 Å². The minimum Gasteiger partial charge on any atom is -0.462 e. The van der Waals surface area contributed by atoms with E-state index in [1.165, 1.54) is 0 Å². The number of carbonyl (C=O) groups excluding carboxylic acids is 2. The Morgan fingerprint density at radius 1 is 0.842 bits per heavy atom. The van der Waals surface area contributed by atoms with E-state index in [4.69, 9.17) is 14.2 Å². The Labute approximate surface area is 141 Å². The molecule has 0 heterocycles. The second-order valence-electron chi connectivity index (χ2n) is 3.70. The molecule has 5 nitrogen and oxygen atoms in total. The standard InChI is InChI=1S/C12H20I2O5/c1-3-9(13)11(15)18-7-5-17-6-8-19-12(16)10(14)4-2/h9-10H,3-8H2,1-2H3. The van der Waals surface area contributed by atoms with Crippen LogP contribution in [0, 0.1) is 0 Å². The van der Waals surface area contributed by atoms with Gasteiger partial charge in [-0.05, 0) is 12.8 Å². The molecule has 0 spiro atoms. The van der Waals surface area contributed by atoms with Crippen LogP contribution in [0.15, 0.2) is 0 Å². The van der Waals surface area contributed by atoms with E-state index in [1.54, 1.807) is 0 Å². The molecule has 7 heteroatoms. The number of hydrogen-bond acceptors (Lipinski definition) is 5. The van der Waals surface area contributed by atoms with Crippen LogP contribution in [0.1, 0.15) is 26.7 Å². The molecule has 0 rings (SSSR count). The molecule has 19 heavy (non-hydrogen) atoms. The van der Waals surface area contributed by atoms with E-state index in [-0.39, 0.29) is 33.0 Å². The van der Waals surface area contributed by atoms with Crippen LogP contribution in [0.5, 0.6) is 0 Å². The fourth-order valence-electron chi connectivity index (χ4n) is 1.02. The van der Waals surface area contributed by atoms with Gasteiger partial charge in [0.25, 0.3) is 0 Å². The Balaban J connectivity index is 3.42. The van der Waals surface area contributed by atoms with E-state index in [2.05, 4.69) is 0 Å². The van der Waals surface area contributed by atoms with Gasteiger partial charge in [-0.15, -0.1) is 0 Å². The third kappa shape index (κ3) is 9.83. The smallest absolute Gasteiger partial charge is 0.318 e. The van der Waals surface area contributed by atoms with Crippen molar-refractivity contribution < 1.29 is 23.8 Å². The predicted molar refractivity (Wildman–Crippen MR) is 88.9 cm³/mol. The fraction of sp³-hybridized carbons (Fsp3) is 0.833. The molecular weight excluding hydrogens is 478 g/mol. The zero-order valence-corrected chi connectivity index (χ0v) is 15.5. The van der Waals surface area contributed by atoms with Crippen molar-refractivity contribution in [2.45, 2.75) is 34.5 Å². The van der Waals surface area contributed by atoms with E-state index in [1.807, 2.05) is 59.0 Å². The summed E-state index contributed by atoms with van der Waals surface area (Å²) in [6, 6.07) is 0. The lowest BCUT2D eigenvalue weighted by Crippen LogP contribution is -2.21. The molecule has 0 amide bonds. The van der Waals surface area contributed by atoms with Crippen LogP contribution < -0.4 is 0 Å². The first-order valence-electron chi connectivity index (χ1n) is 6.22. The number of carbonyl (C=O) groups is 2. The van der Waals surface area contributed by atoms with Gasteiger partial charge in [-0.25, -0.2) is 0 Å². The molecule has 2 atom stereocenters. The zero-order valence-electron chi connectivity index (χ0n) is 11.2. The maximum atomic E-state index is 11.3. The first-order chi connectivity index (χ1) is 9.02. The highest BCUT2D eigenvalue weighted by atomic mass is 127. The van der Waals surface area contributed by atoms with Gasteiger partial charge < -0.3 is 14.2 Å². The SMILES string of the molecule is CCC(I)C(=O)OCCOCCOC(=O)C(I)CC. The molecule has 0 radical (unpaired) electrons. The number of ether oxygens (including phenoxy) is 3. The molecule has 0 aromatic rings. The molecule has 0 aliphatic heterocycles. The lowest BCUT2D eigenvalue weighted by Gasteiger charge is -2.10. The van der Waals surface area contributed by atoms with Gasteiger partial charge >= 0.3 is 11.9 Å². The lowest BCUT2D eigenvalue weighted by atomic mass is 10.3. The fourth-order valence-corrected chi connectivity index (χ4v) is 1.38. The third-order valence-corrected chi connectivity index (χ3v) is 4.95. The Morgan fingerprint density at radius 2 is 1.21 bits per heavy atom. The van der Waals surface area contributed by atoms with Crippen LogP contribution in [-0.2, 0) is 23.8 Å². The molecule has 0 aliphatic carbocycles. The Morgan fingerprint density at radius 3 is 1.53 bits per heavy atom. The van der Waals surface area contributed by atoms with Crippen molar-refractivity contribution in [3.8, 4) is 0 Å². The van der Waals surface area contributed by atoms with Crippen molar-refractivity contribution >= 4 is 57.1 Å². The first kappa shape index (κ1) is 19.4. The molecule has 0 aromatic carbocycles. The number of rotatable bonds is 10. The van der Waals surface area contributed by atoms with Crippen LogP contribution in [0.4, 0.5) is 0 Å². The van der Waals surface area contributed by atoms with Gasteiger partial charge in [0.2, 0.25) is 0 Å². The second-order valence-corrected chi connectivity index (χ2v) is 6.71. The Bertz CT molecular complexity index is 247. The molecule has 0 saturated heterocycles. The summed E-state index contributed by atoms with van der Waals surface area (Å²) in [4.78, 5) is 22.6. The van der Waals surface area contributed by atoms with Crippen molar-refractivity contribution in [3.05, 3.63) is 0 Å². The summed E-state index contributed by atoms with van der Waals surface area (Å²) in [6.07, 6.45) is 1.51. The van der Waals surface area contributed by atoms with Gasteiger partial charge in [-0.3, -0.25) is 9.59 Å². The quantitative estimate of drug-likeness (QED) is 0.201. The van der Waals surface area contributed by atoms with Crippen molar-refractivity contribution in [1.29, 1.82) is 0 Å². The summed E-state index contributed by atoms with van der Waals surface area (Å²) < 4.78 is 15.0. The average Bonchev–Trinajstić information content (AvgIpc) is 2.43. The maximum absolute atomic E-state index is 11.3. The first-order valence-corrected chi connectivity index (χ1v) is 8.71. The molecule has 0 fully saturated rings. The summed E-state index contributed by atoms with van der Waals surface area (Å²) in [5, 5.41) is 0. The van der Waals surface area contributed by atoms with Crippen molar-refractivity contribution in [3.63, 3.8) is 0 Å². The molecule has 0 aliphatic rings. The van der Waals surface area contributed by atoms with E-state index in [0.717, 1.165) is 12.8 Å². The van der Waals surface area contributed by atoms with Gasteiger partial charge in [0.15, 0.2) is 0 Å². The van der Waals surface area contributed by atoms with E-state index < -0.39 is 0 Å². The van der Waals surface area contributed by atoms with Crippen LogP contribution in [-0.4, -0.2) is 46.2 Å². The molecular formula is C12H20I2O5. The van der Waals surface area contributed by atoms with E-state index in [0.29, 0.717) is 13.2 Å². The minimum absolute atomic E-state index is 0.104. The number of alkyl halides is 2. The molecule has 0 N–H and O–H groups in total. The minimum atomic E-state index is -0.214. The Kier molecular flexibility index (Phi) is 12.4. The number of halogens is 2. The summed E-state index contributed by atoms with van der Waals surface area (Å²) in [7, 11) is 0. The third-order valence-electron chi connectivity index (χ3n) is 2.17. The maximum Gasteiger partial charge on any atom is 0.318 e. The van der Waals surface area contributed by atoms with Gasteiger partial charge in [-0.1, -0.05) is 59.0 Å². The number of hydrogen-bond donors (Lipinski definition) is 0. The topological polar surface area (TPSA) is 61.8 Å². The summed E-state index contributed by atoms with van der Waals surface area (Å²) in [5.74, 6) is -0.428. The van der Waals surface area contributed by atoms with Gasteiger partial charge in [0.05, 0.1) is 13.2 Å². The molecule has 0 bridgehead atoms. The molecule has 112 valence electrons. The number of esters is 2. The largest absolute Gasteiger partial charge is 0.462 e. The molecule has 2 unspecified atom stereocenters. The van der Waals surface area contributed by atoms with Crippen LogP contribution in [0.2, 0.25) is 0 Å². The zero-order chi connectivity index (χ0) is 14.7. The monoisotopic (exact) mass is 498 g/mol. The van der Waals surface area contributed by atoms with Crippen molar-refractivity contribution in [2.24, 2.45) is 0 Å². The highest BCUT2D eigenvalue weighted by molar-refractivity contribution is 14.1. The summed E-state index contributed by atoms with van der Waals surface area (Å²) in [6.45, 7) is 4.96. The molecule has 0 saturated carbocycles. The normalized spacial score (nSPS) is 13.7. The van der Waals surface area contributed by atoms with E-state index in [9.17, 15) is 9.59 Å². The van der Waals surface area contributed by atoms with Crippen molar-refractivity contribution in [2.75, 3.05) is 26.4 Å². The molecule has 0 aromatic heterocycles. The predicted octanol–water partition coefficient (Wildman–Crippen LogP) is 2.52. The second kappa shape index (κ2) is 12.1. The van der Waals surface area contributed by atoms with Crippen LogP contribution >= 0.6 is 45.2 Å². The highest BCUT2D eigenvalue weighted by Crippen LogP contribution is 2.07. The average molecular weight is 498 g/mol. The summed E-state index contributed by atoms with van der Waals surface area (Å²) in [5.41, 5.74) is 0. The van der Waals surface area contributed by atoms with Gasteiger partial charge in [-0.2, -0.15) is 0 Å².